The summed E-state index contributed by atoms with van der Waals surface area (Å²) in [7, 11) is 0. The van der Waals surface area contributed by atoms with E-state index in [9.17, 15) is 4.79 Å². The molecule has 2 N–H and O–H groups in total. The first-order valence-corrected chi connectivity index (χ1v) is 7.22. The summed E-state index contributed by atoms with van der Waals surface area (Å²) in [6, 6.07) is 9.26. The molecule has 1 aliphatic rings. The third-order valence-electron chi connectivity index (χ3n) is 3.75. The molecular weight excluding hydrogens is 236 g/mol. The predicted molar refractivity (Wildman–Crippen MR) is 78.1 cm³/mol. The molecule has 1 saturated heterocycles. The molecule has 1 amide bonds. The van der Waals surface area contributed by atoms with E-state index in [1.165, 1.54) is 11.1 Å². The Hall–Kier alpha value is -1.35. The summed E-state index contributed by atoms with van der Waals surface area (Å²) in [6.45, 7) is 5.17. The van der Waals surface area contributed by atoms with Gasteiger partial charge in [0.1, 0.15) is 0 Å². The van der Waals surface area contributed by atoms with Crippen LogP contribution in [-0.2, 0) is 11.2 Å². The zero-order valence-corrected chi connectivity index (χ0v) is 11.9. The van der Waals surface area contributed by atoms with Crippen molar-refractivity contribution < 1.29 is 4.79 Å². The maximum atomic E-state index is 11.9. The first-order chi connectivity index (χ1) is 9.13. The number of amides is 1. The van der Waals surface area contributed by atoms with Gasteiger partial charge >= 0.3 is 0 Å². The van der Waals surface area contributed by atoms with E-state index in [1.807, 2.05) is 0 Å². The van der Waals surface area contributed by atoms with Gasteiger partial charge in [0.2, 0.25) is 5.91 Å². The maximum absolute atomic E-state index is 11.9. The summed E-state index contributed by atoms with van der Waals surface area (Å²) in [5, 5.41) is 6.53. The number of benzene rings is 1. The van der Waals surface area contributed by atoms with Gasteiger partial charge < -0.3 is 10.6 Å². The molecule has 3 nitrogen and oxygen atoms in total. The third-order valence-corrected chi connectivity index (χ3v) is 3.75. The quantitative estimate of drug-likeness (QED) is 0.871. The Kier molecular flexibility index (Phi) is 4.97. The molecule has 1 heterocycles. The Morgan fingerprint density at radius 1 is 1.42 bits per heavy atom. The number of aryl methyl sites for hydroxylation is 2. The van der Waals surface area contributed by atoms with E-state index in [4.69, 9.17) is 0 Å². The van der Waals surface area contributed by atoms with Crippen LogP contribution in [0.3, 0.4) is 0 Å². The van der Waals surface area contributed by atoms with Crippen LogP contribution in [0.25, 0.3) is 0 Å². The molecule has 104 valence electrons. The Balaban J connectivity index is 1.73. The van der Waals surface area contributed by atoms with Crippen molar-refractivity contribution in [1.29, 1.82) is 0 Å². The van der Waals surface area contributed by atoms with Gasteiger partial charge in [-0.05, 0) is 38.7 Å². The van der Waals surface area contributed by atoms with Crippen molar-refractivity contribution in [3.05, 3.63) is 35.4 Å². The highest BCUT2D eigenvalue weighted by molar-refractivity contribution is 5.76. The van der Waals surface area contributed by atoms with E-state index in [2.05, 4.69) is 48.7 Å². The first kappa shape index (κ1) is 14.1. The number of hydrogen-bond donors (Lipinski definition) is 2. The van der Waals surface area contributed by atoms with Crippen LogP contribution in [0.1, 0.15) is 37.3 Å². The van der Waals surface area contributed by atoms with Crippen LogP contribution in [0.4, 0.5) is 0 Å². The SMILES string of the molecule is Cc1cccc(CCC(=O)NC2CCC(C)NC2)c1. The van der Waals surface area contributed by atoms with Crippen molar-refractivity contribution >= 4 is 5.91 Å². The topological polar surface area (TPSA) is 41.1 Å². The van der Waals surface area contributed by atoms with E-state index >= 15 is 0 Å². The standard InChI is InChI=1S/C16H24N2O/c1-12-4-3-5-14(10-12)7-9-16(19)18-15-8-6-13(2)17-11-15/h3-5,10,13,15,17H,6-9,11H2,1-2H3,(H,18,19). The largest absolute Gasteiger partial charge is 0.352 e. The second kappa shape index (κ2) is 6.71. The highest BCUT2D eigenvalue weighted by Gasteiger charge is 2.18. The van der Waals surface area contributed by atoms with Crippen molar-refractivity contribution in [3.63, 3.8) is 0 Å². The van der Waals surface area contributed by atoms with Gasteiger partial charge in [0.05, 0.1) is 0 Å². The molecule has 19 heavy (non-hydrogen) atoms. The van der Waals surface area contributed by atoms with Crippen molar-refractivity contribution in [1.82, 2.24) is 10.6 Å². The molecular formula is C16H24N2O. The summed E-state index contributed by atoms with van der Waals surface area (Å²) in [5.41, 5.74) is 2.49. The Morgan fingerprint density at radius 3 is 2.95 bits per heavy atom. The van der Waals surface area contributed by atoms with Gasteiger partial charge in [0.15, 0.2) is 0 Å². The fraction of sp³-hybridized carbons (Fsp3) is 0.562. The molecule has 3 heteroatoms. The molecule has 2 unspecified atom stereocenters. The molecule has 1 aromatic carbocycles. The molecule has 0 radical (unpaired) electrons. The number of piperidine rings is 1. The second-order valence-electron chi connectivity index (χ2n) is 5.64. The average Bonchev–Trinajstić information content (AvgIpc) is 2.39. The highest BCUT2D eigenvalue weighted by Crippen LogP contribution is 2.09. The Labute approximate surface area is 115 Å². The third kappa shape index (κ3) is 4.67. The Bertz CT molecular complexity index is 423. The number of carbonyl (C=O) groups excluding carboxylic acids is 1. The number of hydrogen-bond acceptors (Lipinski definition) is 2. The molecule has 0 aliphatic carbocycles. The first-order valence-electron chi connectivity index (χ1n) is 7.22. The molecule has 1 aliphatic heterocycles. The van der Waals surface area contributed by atoms with Gasteiger partial charge in [0, 0.05) is 25.0 Å². The molecule has 1 aromatic rings. The maximum Gasteiger partial charge on any atom is 0.220 e. The molecule has 0 aromatic heterocycles. The van der Waals surface area contributed by atoms with E-state index in [-0.39, 0.29) is 5.91 Å². The fourth-order valence-corrected chi connectivity index (χ4v) is 2.55. The Morgan fingerprint density at radius 2 is 2.26 bits per heavy atom. The zero-order chi connectivity index (χ0) is 13.7. The van der Waals surface area contributed by atoms with Crippen LogP contribution in [-0.4, -0.2) is 24.5 Å². The number of carbonyl (C=O) groups is 1. The lowest BCUT2D eigenvalue weighted by Crippen LogP contribution is -2.48. The van der Waals surface area contributed by atoms with Crippen molar-refractivity contribution in [2.75, 3.05) is 6.54 Å². The molecule has 2 atom stereocenters. The lowest BCUT2D eigenvalue weighted by molar-refractivity contribution is -0.121. The molecule has 0 saturated carbocycles. The smallest absolute Gasteiger partial charge is 0.220 e. The molecule has 1 fully saturated rings. The van der Waals surface area contributed by atoms with Crippen molar-refractivity contribution in [2.24, 2.45) is 0 Å². The predicted octanol–water partition coefficient (Wildman–Crippen LogP) is 2.18. The minimum atomic E-state index is 0.169. The summed E-state index contributed by atoms with van der Waals surface area (Å²) < 4.78 is 0. The van der Waals surface area contributed by atoms with Crippen LogP contribution < -0.4 is 10.6 Å². The normalized spacial score (nSPS) is 23.1. The zero-order valence-electron chi connectivity index (χ0n) is 11.9. The van der Waals surface area contributed by atoms with Crippen molar-refractivity contribution in [3.8, 4) is 0 Å². The van der Waals surface area contributed by atoms with Crippen LogP contribution >= 0.6 is 0 Å². The van der Waals surface area contributed by atoms with Crippen LogP contribution in [0, 0.1) is 6.92 Å². The van der Waals surface area contributed by atoms with Crippen LogP contribution in [0.2, 0.25) is 0 Å². The molecule has 0 spiro atoms. The highest BCUT2D eigenvalue weighted by atomic mass is 16.1. The van der Waals surface area contributed by atoms with Gasteiger partial charge in [-0.3, -0.25) is 4.79 Å². The van der Waals surface area contributed by atoms with Gasteiger partial charge in [0.25, 0.3) is 0 Å². The second-order valence-corrected chi connectivity index (χ2v) is 5.64. The lowest BCUT2D eigenvalue weighted by atomic mass is 10.0. The van der Waals surface area contributed by atoms with Crippen molar-refractivity contribution in [2.45, 2.75) is 51.6 Å². The minimum Gasteiger partial charge on any atom is -0.352 e. The van der Waals surface area contributed by atoms with Crippen LogP contribution in [0.5, 0.6) is 0 Å². The van der Waals surface area contributed by atoms with Crippen LogP contribution in [0.15, 0.2) is 24.3 Å². The summed E-state index contributed by atoms with van der Waals surface area (Å²) >= 11 is 0. The van der Waals surface area contributed by atoms with Gasteiger partial charge in [-0.2, -0.15) is 0 Å². The summed E-state index contributed by atoms with van der Waals surface area (Å²) in [5.74, 6) is 0.169. The van der Waals surface area contributed by atoms with Gasteiger partial charge in [-0.1, -0.05) is 29.8 Å². The van der Waals surface area contributed by atoms with E-state index in [0.29, 0.717) is 18.5 Å². The average molecular weight is 260 g/mol. The van der Waals surface area contributed by atoms with Gasteiger partial charge in [-0.15, -0.1) is 0 Å². The van der Waals surface area contributed by atoms with Gasteiger partial charge in [-0.25, -0.2) is 0 Å². The lowest BCUT2D eigenvalue weighted by Gasteiger charge is -2.28. The minimum absolute atomic E-state index is 0.169. The monoisotopic (exact) mass is 260 g/mol. The number of rotatable bonds is 4. The summed E-state index contributed by atoms with van der Waals surface area (Å²) in [6.07, 6.45) is 3.63. The molecule has 0 bridgehead atoms. The van der Waals surface area contributed by atoms with E-state index in [1.54, 1.807) is 0 Å². The summed E-state index contributed by atoms with van der Waals surface area (Å²) in [4.78, 5) is 11.9. The van der Waals surface area contributed by atoms with E-state index in [0.717, 1.165) is 25.8 Å². The molecule has 2 rings (SSSR count). The number of nitrogens with one attached hydrogen (secondary N) is 2. The van der Waals surface area contributed by atoms with E-state index < -0.39 is 0 Å². The fourth-order valence-electron chi connectivity index (χ4n) is 2.55.